The zero-order valence-electron chi connectivity index (χ0n) is 12.4. The monoisotopic (exact) mass is 298 g/mol. The summed E-state index contributed by atoms with van der Waals surface area (Å²) < 4.78 is 10.9. The third-order valence-corrected chi connectivity index (χ3v) is 3.96. The van der Waals surface area contributed by atoms with Gasteiger partial charge in [-0.2, -0.15) is 0 Å². The zero-order chi connectivity index (χ0) is 14.5. The molecule has 0 radical (unpaired) electrons. The Bertz CT molecular complexity index is 442. The number of nitrogens with one attached hydrogen (secondary N) is 1. The lowest BCUT2D eigenvalue weighted by molar-refractivity contribution is -0.0190. The second kappa shape index (κ2) is 7.27. The maximum Gasteiger partial charge on any atom is 0.137 e. The van der Waals surface area contributed by atoms with Crippen LogP contribution in [0.15, 0.2) is 18.2 Å². The average molecular weight is 299 g/mol. The van der Waals surface area contributed by atoms with E-state index in [1.807, 2.05) is 18.2 Å². The number of hydrogen-bond acceptors (Lipinski definition) is 4. The van der Waals surface area contributed by atoms with Crippen LogP contribution in [-0.2, 0) is 4.74 Å². The van der Waals surface area contributed by atoms with Gasteiger partial charge in [-0.05, 0) is 31.7 Å². The fourth-order valence-electron chi connectivity index (χ4n) is 2.37. The van der Waals surface area contributed by atoms with Gasteiger partial charge in [0.25, 0.3) is 0 Å². The second-order valence-electron chi connectivity index (χ2n) is 5.28. The van der Waals surface area contributed by atoms with E-state index in [1.54, 1.807) is 7.11 Å². The van der Waals surface area contributed by atoms with Crippen molar-refractivity contribution in [3.05, 3.63) is 28.8 Å². The third kappa shape index (κ3) is 4.09. The van der Waals surface area contributed by atoms with Crippen molar-refractivity contribution in [3.8, 4) is 5.75 Å². The van der Waals surface area contributed by atoms with E-state index in [0.29, 0.717) is 10.8 Å². The van der Waals surface area contributed by atoms with E-state index in [9.17, 15) is 0 Å². The quantitative estimate of drug-likeness (QED) is 0.905. The molecule has 0 bridgehead atoms. The predicted molar refractivity (Wildman–Crippen MR) is 81.7 cm³/mol. The van der Waals surface area contributed by atoms with Crippen molar-refractivity contribution in [3.63, 3.8) is 0 Å². The molecule has 20 heavy (non-hydrogen) atoms. The number of ether oxygens (including phenoxy) is 2. The van der Waals surface area contributed by atoms with Gasteiger partial charge in [-0.3, -0.25) is 0 Å². The van der Waals surface area contributed by atoms with E-state index in [4.69, 9.17) is 21.1 Å². The Hall–Kier alpha value is -0.810. The first kappa shape index (κ1) is 15.6. The van der Waals surface area contributed by atoms with E-state index in [1.165, 1.54) is 0 Å². The van der Waals surface area contributed by atoms with Crippen LogP contribution in [0.3, 0.4) is 0 Å². The van der Waals surface area contributed by atoms with E-state index < -0.39 is 0 Å². The number of methoxy groups -OCH3 is 1. The fraction of sp³-hybridized carbons (Fsp3) is 0.600. The summed E-state index contributed by atoms with van der Waals surface area (Å²) in [6.45, 7) is 5.77. The molecule has 2 rings (SSSR count). The first-order valence-corrected chi connectivity index (χ1v) is 7.35. The van der Waals surface area contributed by atoms with Gasteiger partial charge >= 0.3 is 0 Å². The highest BCUT2D eigenvalue weighted by atomic mass is 35.5. The molecule has 1 N–H and O–H groups in total. The van der Waals surface area contributed by atoms with Gasteiger partial charge in [-0.25, -0.2) is 0 Å². The third-order valence-electron chi connectivity index (χ3n) is 3.67. The first-order chi connectivity index (χ1) is 9.60. The van der Waals surface area contributed by atoms with Crippen molar-refractivity contribution in [2.75, 3.05) is 40.4 Å². The lowest BCUT2D eigenvalue weighted by Crippen LogP contribution is -2.45. The molecule has 112 valence electrons. The number of likely N-dealkylation sites (N-methyl/N-ethyl adjacent to an activating group) is 1. The minimum Gasteiger partial charge on any atom is -0.495 e. The Morgan fingerprint density at radius 1 is 1.55 bits per heavy atom. The van der Waals surface area contributed by atoms with Crippen LogP contribution in [0, 0.1) is 0 Å². The Kier molecular flexibility index (Phi) is 5.66. The highest BCUT2D eigenvalue weighted by molar-refractivity contribution is 6.32. The molecule has 4 nitrogen and oxygen atoms in total. The molecule has 1 aliphatic heterocycles. The maximum atomic E-state index is 6.16. The van der Waals surface area contributed by atoms with Crippen LogP contribution in [0.25, 0.3) is 0 Å². The standard InChI is InChI=1S/C15H23ClN2O2/c1-11(12-4-5-15(19-3)14(16)8-12)17-9-13-10-18(2)6-7-20-13/h4-5,8,11,13,17H,6-7,9-10H2,1-3H3. The molecule has 0 spiro atoms. The summed E-state index contributed by atoms with van der Waals surface area (Å²) in [6.07, 6.45) is 0.255. The molecule has 1 aliphatic rings. The number of benzene rings is 1. The minimum absolute atomic E-state index is 0.231. The SMILES string of the molecule is COc1ccc(C(C)NCC2CN(C)CCO2)cc1Cl. The topological polar surface area (TPSA) is 33.7 Å². The number of morpholine rings is 1. The maximum absolute atomic E-state index is 6.16. The van der Waals surface area contributed by atoms with Gasteiger partial charge < -0.3 is 19.7 Å². The highest BCUT2D eigenvalue weighted by Crippen LogP contribution is 2.27. The lowest BCUT2D eigenvalue weighted by atomic mass is 10.1. The summed E-state index contributed by atoms with van der Waals surface area (Å²) in [7, 11) is 3.75. The van der Waals surface area contributed by atoms with Crippen LogP contribution in [0.4, 0.5) is 0 Å². The Labute approximate surface area is 126 Å². The van der Waals surface area contributed by atoms with Gasteiger partial charge in [-0.15, -0.1) is 0 Å². The van der Waals surface area contributed by atoms with Crippen molar-refractivity contribution in [2.45, 2.75) is 19.1 Å². The van der Waals surface area contributed by atoms with Crippen LogP contribution < -0.4 is 10.1 Å². The Morgan fingerprint density at radius 2 is 2.35 bits per heavy atom. The molecular weight excluding hydrogens is 276 g/mol. The van der Waals surface area contributed by atoms with Gasteiger partial charge in [0, 0.05) is 25.7 Å². The van der Waals surface area contributed by atoms with Crippen molar-refractivity contribution in [1.82, 2.24) is 10.2 Å². The Morgan fingerprint density at radius 3 is 3.00 bits per heavy atom. The van der Waals surface area contributed by atoms with Gasteiger partial charge in [0.1, 0.15) is 5.75 Å². The van der Waals surface area contributed by atoms with Crippen LogP contribution in [0.1, 0.15) is 18.5 Å². The largest absolute Gasteiger partial charge is 0.495 e. The average Bonchev–Trinajstić information content (AvgIpc) is 2.44. The smallest absolute Gasteiger partial charge is 0.137 e. The normalized spacial score (nSPS) is 21.7. The van der Waals surface area contributed by atoms with E-state index >= 15 is 0 Å². The molecule has 0 aromatic heterocycles. The van der Waals surface area contributed by atoms with Crippen molar-refractivity contribution in [2.24, 2.45) is 0 Å². The Balaban J connectivity index is 1.88. The molecule has 0 amide bonds. The van der Waals surface area contributed by atoms with Crippen LogP contribution in [0.5, 0.6) is 5.75 Å². The van der Waals surface area contributed by atoms with E-state index in [2.05, 4.69) is 24.2 Å². The second-order valence-corrected chi connectivity index (χ2v) is 5.69. The molecule has 2 atom stereocenters. The molecule has 1 saturated heterocycles. The molecule has 0 saturated carbocycles. The van der Waals surface area contributed by atoms with Crippen molar-refractivity contribution in [1.29, 1.82) is 0 Å². The predicted octanol–water partition coefficient (Wildman–Crippen LogP) is 2.33. The summed E-state index contributed by atoms with van der Waals surface area (Å²) in [4.78, 5) is 2.30. The molecular formula is C15H23ClN2O2. The van der Waals surface area contributed by atoms with E-state index in [0.717, 1.165) is 31.8 Å². The minimum atomic E-state index is 0.231. The molecule has 1 heterocycles. The molecule has 1 fully saturated rings. The molecule has 5 heteroatoms. The number of hydrogen-bond donors (Lipinski definition) is 1. The van der Waals surface area contributed by atoms with Crippen LogP contribution >= 0.6 is 11.6 Å². The summed E-state index contributed by atoms with van der Waals surface area (Å²) in [5.41, 5.74) is 1.15. The van der Waals surface area contributed by atoms with Gasteiger partial charge in [0.15, 0.2) is 0 Å². The molecule has 2 unspecified atom stereocenters. The summed E-state index contributed by atoms with van der Waals surface area (Å²) in [6, 6.07) is 6.12. The van der Waals surface area contributed by atoms with Gasteiger partial charge in [0.05, 0.1) is 24.8 Å². The van der Waals surface area contributed by atoms with Crippen molar-refractivity contribution >= 4 is 11.6 Å². The molecule has 1 aromatic carbocycles. The number of nitrogens with zero attached hydrogens (tertiary/aromatic N) is 1. The lowest BCUT2D eigenvalue weighted by Gasteiger charge is -2.31. The summed E-state index contributed by atoms with van der Waals surface area (Å²) >= 11 is 6.16. The molecule has 0 aliphatic carbocycles. The fourth-order valence-corrected chi connectivity index (χ4v) is 2.63. The van der Waals surface area contributed by atoms with Gasteiger partial charge in [-0.1, -0.05) is 17.7 Å². The van der Waals surface area contributed by atoms with Crippen LogP contribution in [-0.4, -0.2) is 51.4 Å². The number of halogens is 1. The van der Waals surface area contributed by atoms with Crippen molar-refractivity contribution < 1.29 is 9.47 Å². The first-order valence-electron chi connectivity index (χ1n) is 6.97. The summed E-state index contributed by atoms with van der Waals surface area (Å²) in [5.74, 6) is 0.708. The van der Waals surface area contributed by atoms with Gasteiger partial charge in [0.2, 0.25) is 0 Å². The highest BCUT2D eigenvalue weighted by Gasteiger charge is 2.18. The van der Waals surface area contributed by atoms with E-state index in [-0.39, 0.29) is 12.1 Å². The van der Waals surface area contributed by atoms with Crippen LogP contribution in [0.2, 0.25) is 5.02 Å². The number of rotatable bonds is 5. The zero-order valence-corrected chi connectivity index (χ0v) is 13.1. The molecule has 1 aromatic rings. The summed E-state index contributed by atoms with van der Waals surface area (Å²) in [5, 5.41) is 4.15.